The molecule has 1 unspecified atom stereocenters. The largest absolute Gasteiger partial charge is 0.394 e. The molecule has 1 atom stereocenters. The Kier molecular flexibility index (Phi) is 25.6. The number of rotatable bonds is 28. The highest BCUT2D eigenvalue weighted by Gasteiger charge is 2.24. The molecule has 0 fully saturated rings. The Hall–Kier alpha value is -0.0231. The fourth-order valence-corrected chi connectivity index (χ4v) is 5.63. The summed E-state index contributed by atoms with van der Waals surface area (Å²) < 4.78 is 16.4. The summed E-state index contributed by atoms with van der Waals surface area (Å²) in [6, 6.07) is 1.05. The Morgan fingerprint density at radius 1 is 0.686 bits per heavy atom. The van der Waals surface area contributed by atoms with Crippen molar-refractivity contribution < 1.29 is 24.1 Å². The summed E-state index contributed by atoms with van der Waals surface area (Å²) in [5.41, 5.74) is 6.36. The maximum absolute atomic E-state index is 8.90. The van der Waals surface area contributed by atoms with E-state index >= 15 is 0 Å². The van der Waals surface area contributed by atoms with E-state index in [9.17, 15) is 0 Å². The predicted octanol–water partition coefficient (Wildman–Crippen LogP) is 5.81. The van der Waals surface area contributed by atoms with Crippen molar-refractivity contribution in [2.75, 3.05) is 26.4 Å². The van der Waals surface area contributed by atoms with Gasteiger partial charge in [-0.25, -0.2) is 0 Å². The lowest BCUT2D eigenvalue weighted by atomic mass is 9.81. The summed E-state index contributed by atoms with van der Waals surface area (Å²) in [6.07, 6.45) is 23.0. The lowest BCUT2D eigenvalue weighted by molar-refractivity contribution is -0.252. The van der Waals surface area contributed by atoms with E-state index in [1.54, 1.807) is 0 Å². The van der Waals surface area contributed by atoms with Gasteiger partial charge in [-0.15, -0.1) is 0 Å². The van der Waals surface area contributed by atoms with Crippen molar-refractivity contribution in [2.24, 2.45) is 11.7 Å². The van der Waals surface area contributed by atoms with E-state index in [-0.39, 0.29) is 32.0 Å². The van der Waals surface area contributed by atoms with Crippen LogP contribution in [0.2, 0.25) is 6.04 Å². The highest BCUT2D eigenvalue weighted by molar-refractivity contribution is 6.27. The van der Waals surface area contributed by atoms with Gasteiger partial charge in [0.05, 0.1) is 26.4 Å². The molecule has 7 heteroatoms. The lowest BCUT2D eigenvalue weighted by Crippen LogP contribution is -2.41. The van der Waals surface area contributed by atoms with E-state index in [4.69, 9.17) is 29.8 Å². The third-order valence-electron chi connectivity index (χ3n) is 6.85. The molecule has 6 nitrogen and oxygen atoms in total. The van der Waals surface area contributed by atoms with Crippen LogP contribution >= 0.6 is 0 Å². The third kappa shape index (κ3) is 24.1. The molecule has 4 N–H and O–H groups in total. The van der Waals surface area contributed by atoms with Crippen LogP contribution in [-0.2, 0) is 13.9 Å². The third-order valence-corrected chi connectivity index (χ3v) is 8.15. The predicted molar refractivity (Wildman–Crippen MR) is 150 cm³/mol. The van der Waals surface area contributed by atoms with Crippen LogP contribution in [0.1, 0.15) is 130 Å². The molecule has 0 radical (unpaired) electrons. The quantitative estimate of drug-likeness (QED) is 0.0686. The van der Waals surface area contributed by atoms with E-state index in [0.29, 0.717) is 5.92 Å². The van der Waals surface area contributed by atoms with Gasteiger partial charge in [-0.1, -0.05) is 103 Å². The minimum Gasteiger partial charge on any atom is -0.394 e. The summed E-state index contributed by atoms with van der Waals surface area (Å²) in [6.45, 7) is 6.05. The molecule has 0 amide bonds. The average Bonchev–Trinajstić information content (AvgIpc) is 2.83. The van der Waals surface area contributed by atoms with E-state index in [0.717, 1.165) is 18.9 Å². The van der Waals surface area contributed by atoms with Crippen LogP contribution in [0, 0.1) is 5.92 Å². The SMILES string of the molecule is CCCCCCCCCCCCCCCCC(CCC[SiH2]OC(OCCO)OCCO)C(C)(C)N. The molecular formula is C28H61NO5Si. The van der Waals surface area contributed by atoms with Gasteiger partial charge in [0, 0.05) is 5.54 Å². The molecular weight excluding hydrogens is 458 g/mol. The van der Waals surface area contributed by atoms with Crippen molar-refractivity contribution in [1.82, 2.24) is 0 Å². The molecule has 0 aliphatic carbocycles. The zero-order chi connectivity index (χ0) is 26.0. The van der Waals surface area contributed by atoms with Crippen LogP contribution in [0.4, 0.5) is 0 Å². The number of nitrogens with two attached hydrogens (primary N) is 1. The number of unbranched alkanes of at least 4 members (excludes halogenated alkanes) is 13. The Labute approximate surface area is 220 Å². The van der Waals surface area contributed by atoms with Crippen molar-refractivity contribution in [3.63, 3.8) is 0 Å². The van der Waals surface area contributed by atoms with Crippen LogP contribution in [0.5, 0.6) is 0 Å². The zero-order valence-corrected chi connectivity index (χ0v) is 25.0. The summed E-state index contributed by atoms with van der Waals surface area (Å²) >= 11 is 0. The fourth-order valence-electron chi connectivity index (χ4n) is 4.59. The maximum Gasteiger partial charge on any atom is 0.261 e. The van der Waals surface area contributed by atoms with Crippen molar-refractivity contribution in [2.45, 2.75) is 148 Å². The van der Waals surface area contributed by atoms with Gasteiger partial charge in [-0.3, -0.25) is 0 Å². The van der Waals surface area contributed by atoms with Gasteiger partial charge in [0.25, 0.3) is 6.48 Å². The molecule has 0 spiro atoms. The Morgan fingerprint density at radius 2 is 1.11 bits per heavy atom. The fraction of sp³-hybridized carbons (Fsp3) is 1.00. The van der Waals surface area contributed by atoms with Crippen molar-refractivity contribution >= 4 is 9.76 Å². The lowest BCUT2D eigenvalue weighted by Gasteiger charge is -2.31. The standard InChI is InChI=1S/C28H61NO5Si/c1-4-5-6-7-8-9-10-11-12-13-14-15-16-17-19-26(28(2,3)29)20-18-25-35-34-27(32-23-21-30)33-24-22-31/h26-27,30-31H,4-25,29,35H2,1-3H3. The van der Waals surface area contributed by atoms with Gasteiger partial charge in [0.15, 0.2) is 9.76 Å². The average molecular weight is 520 g/mol. The van der Waals surface area contributed by atoms with E-state index in [1.165, 1.54) is 96.3 Å². The minimum atomic E-state index is -0.780. The van der Waals surface area contributed by atoms with Gasteiger partial charge in [-0.2, -0.15) is 0 Å². The van der Waals surface area contributed by atoms with Gasteiger partial charge in [-0.05, 0) is 38.7 Å². The molecule has 0 aromatic rings. The number of hydrogen-bond acceptors (Lipinski definition) is 6. The van der Waals surface area contributed by atoms with Gasteiger partial charge >= 0.3 is 0 Å². The van der Waals surface area contributed by atoms with Gasteiger partial charge < -0.3 is 29.8 Å². The second kappa shape index (κ2) is 25.6. The molecule has 0 aromatic heterocycles. The van der Waals surface area contributed by atoms with Crippen LogP contribution in [-0.4, -0.2) is 58.4 Å². The molecule has 35 heavy (non-hydrogen) atoms. The smallest absolute Gasteiger partial charge is 0.261 e. The number of aliphatic hydroxyl groups excluding tert-OH is 2. The van der Waals surface area contributed by atoms with Crippen LogP contribution in [0.3, 0.4) is 0 Å². The van der Waals surface area contributed by atoms with Gasteiger partial charge in [0.1, 0.15) is 0 Å². The second-order valence-corrected chi connectivity index (χ2v) is 12.2. The molecule has 0 bridgehead atoms. The number of aliphatic hydroxyl groups is 2. The van der Waals surface area contributed by atoms with E-state index < -0.39 is 16.2 Å². The summed E-state index contributed by atoms with van der Waals surface area (Å²) in [5, 5.41) is 17.8. The number of hydrogen-bond donors (Lipinski definition) is 3. The first kappa shape index (κ1) is 35.0. The molecule has 0 aliphatic heterocycles. The molecule has 0 heterocycles. The Bertz CT molecular complexity index is 415. The molecule has 0 rings (SSSR count). The van der Waals surface area contributed by atoms with Crippen LogP contribution < -0.4 is 5.73 Å². The van der Waals surface area contributed by atoms with Crippen LogP contribution in [0.25, 0.3) is 0 Å². The molecule has 212 valence electrons. The molecule has 0 aromatic carbocycles. The second-order valence-electron chi connectivity index (χ2n) is 10.7. The first-order chi connectivity index (χ1) is 17.0. The molecule has 0 aliphatic rings. The summed E-state index contributed by atoms with van der Waals surface area (Å²) in [5.74, 6) is 0.543. The Balaban J connectivity index is 3.79. The highest BCUT2D eigenvalue weighted by atomic mass is 28.2. The minimum absolute atomic E-state index is 0.0730. The first-order valence-electron chi connectivity index (χ1n) is 14.8. The topological polar surface area (TPSA) is 94.2 Å². The monoisotopic (exact) mass is 519 g/mol. The normalized spacial score (nSPS) is 13.5. The van der Waals surface area contributed by atoms with Gasteiger partial charge in [0.2, 0.25) is 0 Å². The van der Waals surface area contributed by atoms with Crippen molar-refractivity contribution in [1.29, 1.82) is 0 Å². The highest BCUT2D eigenvalue weighted by Crippen LogP contribution is 2.26. The Morgan fingerprint density at radius 3 is 1.54 bits per heavy atom. The summed E-state index contributed by atoms with van der Waals surface area (Å²) in [7, 11) is -0.780. The maximum atomic E-state index is 8.90. The van der Waals surface area contributed by atoms with E-state index in [2.05, 4.69) is 20.8 Å². The van der Waals surface area contributed by atoms with Crippen molar-refractivity contribution in [3.05, 3.63) is 0 Å². The summed E-state index contributed by atoms with van der Waals surface area (Å²) in [4.78, 5) is 0. The number of ether oxygens (including phenoxy) is 2. The van der Waals surface area contributed by atoms with Crippen LogP contribution in [0.15, 0.2) is 0 Å². The molecule has 0 saturated carbocycles. The van der Waals surface area contributed by atoms with Crippen molar-refractivity contribution in [3.8, 4) is 0 Å². The first-order valence-corrected chi connectivity index (χ1v) is 16.4. The molecule has 0 saturated heterocycles. The zero-order valence-electron chi connectivity index (χ0n) is 23.6. The van der Waals surface area contributed by atoms with E-state index in [1.807, 2.05) is 0 Å².